The molecule has 0 aromatic carbocycles. The van der Waals surface area contributed by atoms with Gasteiger partial charge in [0.15, 0.2) is 0 Å². The van der Waals surface area contributed by atoms with Gasteiger partial charge in [-0.05, 0) is 23.5 Å². The van der Waals surface area contributed by atoms with Crippen molar-refractivity contribution in [1.82, 2.24) is 0 Å². The highest BCUT2D eigenvalue weighted by Gasteiger charge is 2.36. The molecule has 4 rings (SSSR count). The first kappa shape index (κ1) is 14.5. The van der Waals surface area contributed by atoms with E-state index >= 15 is 0 Å². The molecule has 108 valence electrons. The van der Waals surface area contributed by atoms with Crippen LogP contribution in [0.5, 0.6) is 0 Å². The lowest BCUT2D eigenvalue weighted by Crippen LogP contribution is -2.14. The fourth-order valence-electron chi connectivity index (χ4n) is 1.83. The average molecular weight is 381 g/mol. The highest BCUT2D eigenvalue weighted by Crippen LogP contribution is 2.66. The number of rotatable bonds is 0. The Morgan fingerprint density at radius 2 is 1.15 bits per heavy atom. The molecule has 4 aliphatic rings. The van der Waals surface area contributed by atoms with Crippen LogP contribution in [0.3, 0.4) is 0 Å². The number of hydrogen-bond donors (Lipinski definition) is 0. The standard InChI is InChI=1S/C12H12O2S6/c1-5-6(2)16-10-9(15-5)19-12(20-10)11-17-7-8(18-11)14-4-3-13-7/h5-6H,3-4H2,1-2H3/t5-,6-/m1/s1. The summed E-state index contributed by atoms with van der Waals surface area (Å²) < 4.78 is 17.0. The Hall–Kier alpha value is 0.920. The Balaban J connectivity index is 1.52. The molecule has 0 aliphatic carbocycles. The summed E-state index contributed by atoms with van der Waals surface area (Å²) >= 11 is 11.4. The van der Waals surface area contributed by atoms with Crippen LogP contribution in [-0.2, 0) is 9.47 Å². The van der Waals surface area contributed by atoms with E-state index < -0.39 is 0 Å². The first-order valence-electron chi connectivity index (χ1n) is 6.24. The van der Waals surface area contributed by atoms with Crippen molar-refractivity contribution >= 4 is 70.6 Å². The average Bonchev–Trinajstić information content (AvgIpc) is 3.02. The Morgan fingerprint density at radius 1 is 0.700 bits per heavy atom. The van der Waals surface area contributed by atoms with Gasteiger partial charge >= 0.3 is 0 Å². The number of ether oxygens (including phenoxy) is 2. The lowest BCUT2D eigenvalue weighted by molar-refractivity contribution is 0.0949. The molecule has 0 bridgehead atoms. The first-order valence-corrected chi connectivity index (χ1v) is 11.3. The summed E-state index contributed by atoms with van der Waals surface area (Å²) in [6.07, 6.45) is 0. The maximum Gasteiger partial charge on any atom is 0.208 e. The van der Waals surface area contributed by atoms with Gasteiger partial charge in [0.25, 0.3) is 0 Å². The van der Waals surface area contributed by atoms with Crippen molar-refractivity contribution in [2.24, 2.45) is 0 Å². The summed E-state index contributed by atoms with van der Waals surface area (Å²) in [5.41, 5.74) is 0. The molecule has 0 saturated carbocycles. The fourth-order valence-corrected chi connectivity index (χ4v) is 10.9. The summed E-state index contributed by atoms with van der Waals surface area (Å²) in [6.45, 7) is 5.99. The molecule has 4 aliphatic heterocycles. The molecule has 0 aromatic heterocycles. The van der Waals surface area contributed by atoms with E-state index in [-0.39, 0.29) is 0 Å². The molecular formula is C12H12O2S6. The lowest BCUT2D eigenvalue weighted by atomic mass is 10.4. The molecule has 4 heterocycles. The van der Waals surface area contributed by atoms with Gasteiger partial charge in [-0.1, -0.05) is 37.4 Å². The molecule has 0 spiro atoms. The van der Waals surface area contributed by atoms with Crippen LogP contribution < -0.4 is 0 Å². The predicted molar refractivity (Wildman–Crippen MR) is 97.5 cm³/mol. The van der Waals surface area contributed by atoms with Crippen molar-refractivity contribution in [2.75, 3.05) is 13.2 Å². The highest BCUT2D eigenvalue weighted by atomic mass is 32.3. The second-order valence-corrected chi connectivity index (χ2v) is 12.3. The lowest BCUT2D eigenvalue weighted by Gasteiger charge is -2.24. The van der Waals surface area contributed by atoms with Gasteiger partial charge in [-0.2, -0.15) is 0 Å². The van der Waals surface area contributed by atoms with Gasteiger partial charge in [-0.15, -0.1) is 23.5 Å². The largest absolute Gasteiger partial charge is 0.480 e. The smallest absolute Gasteiger partial charge is 0.208 e. The second-order valence-electron chi connectivity index (χ2n) is 4.48. The summed E-state index contributed by atoms with van der Waals surface area (Å²) in [5, 5.41) is 3.30. The van der Waals surface area contributed by atoms with Crippen molar-refractivity contribution in [2.45, 2.75) is 24.3 Å². The second kappa shape index (κ2) is 5.85. The monoisotopic (exact) mass is 380 g/mol. The number of thioether (sulfide) groups is 6. The van der Waals surface area contributed by atoms with Crippen LogP contribution in [-0.4, -0.2) is 23.7 Å². The minimum atomic E-state index is 0.671. The highest BCUT2D eigenvalue weighted by molar-refractivity contribution is 8.43. The van der Waals surface area contributed by atoms with Crippen LogP contribution in [0.4, 0.5) is 0 Å². The van der Waals surface area contributed by atoms with Crippen molar-refractivity contribution in [3.8, 4) is 0 Å². The van der Waals surface area contributed by atoms with Crippen LogP contribution in [0.1, 0.15) is 13.8 Å². The molecule has 0 radical (unpaired) electrons. The quantitative estimate of drug-likeness (QED) is 0.531. The van der Waals surface area contributed by atoms with E-state index in [0.29, 0.717) is 23.7 Å². The van der Waals surface area contributed by atoms with Crippen molar-refractivity contribution in [1.29, 1.82) is 0 Å². The van der Waals surface area contributed by atoms with E-state index in [1.54, 1.807) is 23.5 Å². The van der Waals surface area contributed by atoms with Gasteiger partial charge in [0.1, 0.15) is 13.2 Å². The Bertz CT molecular complexity index is 508. The molecule has 0 amide bonds. The van der Waals surface area contributed by atoms with Gasteiger partial charge in [0.05, 0.1) is 16.9 Å². The van der Waals surface area contributed by atoms with Gasteiger partial charge < -0.3 is 9.47 Å². The molecule has 0 fully saturated rings. The van der Waals surface area contributed by atoms with E-state index in [1.807, 2.05) is 47.0 Å². The van der Waals surface area contributed by atoms with Crippen LogP contribution in [0, 0.1) is 0 Å². The fraction of sp³-hybridized carbons (Fsp3) is 0.500. The van der Waals surface area contributed by atoms with Crippen molar-refractivity contribution < 1.29 is 9.47 Å². The normalized spacial score (nSPS) is 33.1. The van der Waals surface area contributed by atoms with Crippen LogP contribution >= 0.6 is 70.6 Å². The summed E-state index contributed by atoms with van der Waals surface area (Å²) in [6, 6.07) is 0. The Labute approximate surface area is 144 Å². The summed E-state index contributed by atoms with van der Waals surface area (Å²) in [4.78, 5) is 0. The van der Waals surface area contributed by atoms with Gasteiger partial charge in [-0.25, -0.2) is 0 Å². The zero-order valence-corrected chi connectivity index (χ0v) is 15.7. The van der Waals surface area contributed by atoms with E-state index in [4.69, 9.17) is 9.47 Å². The summed E-state index contributed by atoms with van der Waals surface area (Å²) in [5.74, 6) is 0. The molecule has 20 heavy (non-hydrogen) atoms. The van der Waals surface area contributed by atoms with Gasteiger partial charge in [0, 0.05) is 10.5 Å². The molecule has 0 unspecified atom stereocenters. The third kappa shape index (κ3) is 2.65. The molecular weight excluding hydrogens is 369 g/mol. The SMILES string of the molecule is C[C@H]1SC2=C(SC(=C3SC4=C(OCCO4)S3)S2)S[C@@H]1C. The zero-order valence-electron chi connectivity index (χ0n) is 10.8. The van der Waals surface area contributed by atoms with Crippen molar-refractivity contribution in [3.63, 3.8) is 0 Å². The van der Waals surface area contributed by atoms with E-state index in [0.717, 1.165) is 10.2 Å². The number of hydrogen-bond acceptors (Lipinski definition) is 8. The van der Waals surface area contributed by atoms with Crippen LogP contribution in [0.2, 0.25) is 0 Å². The third-order valence-electron chi connectivity index (χ3n) is 3.04. The van der Waals surface area contributed by atoms with E-state index in [9.17, 15) is 0 Å². The minimum absolute atomic E-state index is 0.671. The molecule has 0 aromatic rings. The topological polar surface area (TPSA) is 18.5 Å². The maximum absolute atomic E-state index is 5.66. The summed E-state index contributed by atoms with van der Waals surface area (Å²) in [7, 11) is 0. The Morgan fingerprint density at radius 3 is 1.65 bits per heavy atom. The molecule has 2 atom stereocenters. The van der Waals surface area contributed by atoms with E-state index in [2.05, 4.69) is 13.8 Å². The predicted octanol–water partition coefficient (Wildman–Crippen LogP) is 5.63. The molecule has 0 saturated heterocycles. The van der Waals surface area contributed by atoms with Crippen molar-refractivity contribution in [3.05, 3.63) is 27.1 Å². The van der Waals surface area contributed by atoms with Gasteiger partial charge in [-0.3, -0.25) is 0 Å². The van der Waals surface area contributed by atoms with Gasteiger partial charge in [0.2, 0.25) is 10.2 Å². The van der Waals surface area contributed by atoms with E-state index in [1.165, 1.54) is 16.9 Å². The molecule has 0 N–H and O–H groups in total. The van der Waals surface area contributed by atoms with Crippen LogP contribution in [0.25, 0.3) is 0 Å². The molecule has 8 heteroatoms. The maximum atomic E-state index is 5.66. The van der Waals surface area contributed by atoms with Crippen LogP contribution in [0.15, 0.2) is 27.1 Å². The molecule has 2 nitrogen and oxygen atoms in total. The first-order chi connectivity index (χ1) is 9.70. The third-order valence-corrected chi connectivity index (χ3v) is 12.2. The Kier molecular flexibility index (Phi) is 4.24. The minimum Gasteiger partial charge on any atom is -0.480 e. The zero-order chi connectivity index (χ0) is 13.7.